The fourth-order valence-corrected chi connectivity index (χ4v) is 4.55. The number of hydrogen-bond acceptors (Lipinski definition) is 2. The number of nitrogens with zero attached hydrogens (tertiary/aromatic N) is 1. The average molecular weight is 377 g/mol. The van der Waals surface area contributed by atoms with Gasteiger partial charge in [0.25, 0.3) is 0 Å². The van der Waals surface area contributed by atoms with Gasteiger partial charge in [-0.25, -0.2) is 0 Å². The Bertz CT molecular complexity index is 868. The molecule has 0 spiro atoms. The molecule has 1 saturated carbocycles. The van der Waals surface area contributed by atoms with Crippen molar-refractivity contribution in [2.24, 2.45) is 11.8 Å². The van der Waals surface area contributed by atoms with Crippen LogP contribution in [0, 0.1) is 18.8 Å². The lowest BCUT2D eigenvalue weighted by Gasteiger charge is -2.34. The number of anilines is 2. The molecule has 2 aliphatic rings. The lowest BCUT2D eigenvalue weighted by atomic mass is 9.80. The molecular formula is C24H28N2O2. The lowest BCUT2D eigenvalue weighted by molar-refractivity contribution is -0.126. The second kappa shape index (κ2) is 8.17. The van der Waals surface area contributed by atoms with Crippen LogP contribution in [-0.4, -0.2) is 18.4 Å². The molecule has 0 atom stereocenters. The van der Waals surface area contributed by atoms with Gasteiger partial charge in [0.2, 0.25) is 11.8 Å². The van der Waals surface area contributed by atoms with Crippen molar-refractivity contribution < 1.29 is 9.59 Å². The molecule has 0 radical (unpaired) electrons. The van der Waals surface area contributed by atoms with E-state index >= 15 is 0 Å². The van der Waals surface area contributed by atoms with Gasteiger partial charge in [-0.05, 0) is 74.8 Å². The van der Waals surface area contributed by atoms with Gasteiger partial charge in [0.1, 0.15) is 0 Å². The normalized spacial score (nSPS) is 21.7. The van der Waals surface area contributed by atoms with Crippen LogP contribution in [0.25, 0.3) is 0 Å². The minimum Gasteiger partial charge on any atom is -0.326 e. The molecule has 0 bridgehead atoms. The van der Waals surface area contributed by atoms with E-state index in [1.165, 1.54) is 5.56 Å². The summed E-state index contributed by atoms with van der Waals surface area (Å²) in [5.41, 5.74) is 4.34. The van der Waals surface area contributed by atoms with Crippen LogP contribution in [0.3, 0.4) is 0 Å². The first-order chi connectivity index (χ1) is 13.6. The van der Waals surface area contributed by atoms with Crippen LogP contribution >= 0.6 is 0 Å². The van der Waals surface area contributed by atoms with Gasteiger partial charge in [0.05, 0.1) is 0 Å². The number of amides is 2. The Morgan fingerprint density at radius 1 is 0.964 bits per heavy atom. The molecule has 1 N–H and O–H groups in total. The summed E-state index contributed by atoms with van der Waals surface area (Å²) in [5.74, 6) is 0.358. The first-order valence-corrected chi connectivity index (χ1v) is 10.4. The molecule has 2 aromatic rings. The second-order valence-corrected chi connectivity index (χ2v) is 8.13. The number of fused-ring (bicyclic) bond motifs is 1. The fourth-order valence-electron chi connectivity index (χ4n) is 4.55. The SMILES string of the molecule is Cc1cccc(NC(=O)C2CCC(C(=O)N3CCCc4ccccc43)CC2)c1. The van der Waals surface area contributed by atoms with Crippen molar-refractivity contribution in [1.29, 1.82) is 0 Å². The van der Waals surface area contributed by atoms with E-state index in [0.717, 1.165) is 62.0 Å². The smallest absolute Gasteiger partial charge is 0.230 e. The first kappa shape index (κ1) is 18.7. The molecule has 2 aromatic carbocycles. The van der Waals surface area contributed by atoms with Crippen LogP contribution < -0.4 is 10.2 Å². The Kier molecular flexibility index (Phi) is 5.47. The molecule has 1 aliphatic heterocycles. The van der Waals surface area contributed by atoms with Crippen LogP contribution in [0.5, 0.6) is 0 Å². The van der Waals surface area contributed by atoms with E-state index in [2.05, 4.69) is 17.4 Å². The third-order valence-corrected chi connectivity index (χ3v) is 6.11. The van der Waals surface area contributed by atoms with Crippen molar-refractivity contribution in [3.8, 4) is 0 Å². The molecule has 0 unspecified atom stereocenters. The molecule has 1 heterocycles. The standard InChI is InChI=1S/C24H28N2O2/c1-17-6-4-9-21(16-17)25-23(27)19-11-13-20(14-12-19)24(28)26-15-5-8-18-7-2-3-10-22(18)26/h2-4,6-7,9-10,16,19-20H,5,8,11-15H2,1H3,(H,25,27). The zero-order valence-electron chi connectivity index (χ0n) is 16.5. The molecule has 146 valence electrons. The topological polar surface area (TPSA) is 49.4 Å². The van der Waals surface area contributed by atoms with E-state index in [0.29, 0.717) is 0 Å². The third kappa shape index (κ3) is 3.96. The Morgan fingerprint density at radius 3 is 2.50 bits per heavy atom. The summed E-state index contributed by atoms with van der Waals surface area (Å²) < 4.78 is 0. The van der Waals surface area contributed by atoms with E-state index in [4.69, 9.17) is 0 Å². The Hall–Kier alpha value is -2.62. The molecule has 1 fully saturated rings. The van der Waals surface area contributed by atoms with Crippen molar-refractivity contribution in [2.75, 3.05) is 16.8 Å². The molecule has 4 rings (SSSR count). The summed E-state index contributed by atoms with van der Waals surface area (Å²) in [5, 5.41) is 3.04. The zero-order valence-corrected chi connectivity index (χ0v) is 16.5. The largest absolute Gasteiger partial charge is 0.326 e. The first-order valence-electron chi connectivity index (χ1n) is 10.4. The molecular weight excluding hydrogens is 348 g/mol. The zero-order chi connectivity index (χ0) is 19.5. The summed E-state index contributed by atoms with van der Waals surface area (Å²) in [6, 6.07) is 16.1. The lowest BCUT2D eigenvalue weighted by Crippen LogP contribution is -2.41. The molecule has 0 saturated heterocycles. The highest BCUT2D eigenvalue weighted by Crippen LogP contribution is 2.34. The number of carbonyl (C=O) groups excluding carboxylic acids is 2. The number of para-hydroxylation sites is 1. The molecule has 4 heteroatoms. The summed E-state index contributed by atoms with van der Waals surface area (Å²) in [6.45, 7) is 2.83. The summed E-state index contributed by atoms with van der Waals surface area (Å²) in [4.78, 5) is 27.7. The van der Waals surface area contributed by atoms with Crippen LogP contribution in [0.2, 0.25) is 0 Å². The van der Waals surface area contributed by atoms with Crippen molar-refractivity contribution in [3.05, 3.63) is 59.7 Å². The Morgan fingerprint density at radius 2 is 1.71 bits per heavy atom. The van der Waals surface area contributed by atoms with Crippen molar-refractivity contribution >= 4 is 23.2 Å². The maximum Gasteiger partial charge on any atom is 0.230 e. The third-order valence-electron chi connectivity index (χ3n) is 6.11. The number of aryl methyl sites for hydroxylation is 2. The average Bonchev–Trinajstić information content (AvgIpc) is 2.73. The summed E-state index contributed by atoms with van der Waals surface area (Å²) >= 11 is 0. The highest BCUT2D eigenvalue weighted by atomic mass is 16.2. The van der Waals surface area contributed by atoms with Gasteiger partial charge in [0.15, 0.2) is 0 Å². The second-order valence-electron chi connectivity index (χ2n) is 8.13. The van der Waals surface area contributed by atoms with Crippen LogP contribution in [0.1, 0.15) is 43.2 Å². The maximum atomic E-state index is 13.1. The van der Waals surface area contributed by atoms with Gasteiger partial charge in [0, 0.05) is 29.8 Å². The highest BCUT2D eigenvalue weighted by Gasteiger charge is 2.33. The maximum absolute atomic E-state index is 13.1. The van der Waals surface area contributed by atoms with Crippen LogP contribution in [0.4, 0.5) is 11.4 Å². The summed E-state index contributed by atoms with van der Waals surface area (Å²) in [7, 11) is 0. The molecule has 1 aliphatic carbocycles. The fraction of sp³-hybridized carbons (Fsp3) is 0.417. The summed E-state index contributed by atoms with van der Waals surface area (Å²) in [6.07, 6.45) is 5.22. The van der Waals surface area contributed by atoms with Gasteiger partial charge in [-0.1, -0.05) is 30.3 Å². The minimum atomic E-state index is -0.00166. The molecule has 28 heavy (non-hydrogen) atoms. The predicted molar refractivity (Wildman–Crippen MR) is 112 cm³/mol. The van der Waals surface area contributed by atoms with Crippen molar-refractivity contribution in [2.45, 2.75) is 45.4 Å². The Labute approximate surface area is 166 Å². The van der Waals surface area contributed by atoms with Gasteiger partial charge in [-0.3, -0.25) is 9.59 Å². The van der Waals surface area contributed by atoms with Crippen molar-refractivity contribution in [1.82, 2.24) is 0 Å². The van der Waals surface area contributed by atoms with E-state index < -0.39 is 0 Å². The number of rotatable bonds is 3. The van der Waals surface area contributed by atoms with Crippen molar-refractivity contribution in [3.63, 3.8) is 0 Å². The minimum absolute atomic E-state index is 0.00166. The Balaban J connectivity index is 1.35. The number of hydrogen-bond donors (Lipinski definition) is 1. The van der Waals surface area contributed by atoms with E-state index in [1.54, 1.807) is 0 Å². The number of carbonyl (C=O) groups is 2. The predicted octanol–water partition coefficient (Wildman–Crippen LogP) is 4.72. The van der Waals surface area contributed by atoms with Crippen LogP contribution in [0.15, 0.2) is 48.5 Å². The van der Waals surface area contributed by atoms with Gasteiger partial charge in [-0.15, -0.1) is 0 Å². The van der Waals surface area contributed by atoms with E-state index in [-0.39, 0.29) is 23.7 Å². The quantitative estimate of drug-likeness (QED) is 0.843. The van der Waals surface area contributed by atoms with E-state index in [1.807, 2.05) is 48.2 Å². The monoisotopic (exact) mass is 376 g/mol. The molecule has 2 amide bonds. The number of nitrogens with one attached hydrogen (secondary N) is 1. The van der Waals surface area contributed by atoms with Gasteiger partial charge >= 0.3 is 0 Å². The molecule has 4 nitrogen and oxygen atoms in total. The van der Waals surface area contributed by atoms with E-state index in [9.17, 15) is 9.59 Å². The highest BCUT2D eigenvalue weighted by molar-refractivity contribution is 5.97. The van der Waals surface area contributed by atoms with Gasteiger partial charge < -0.3 is 10.2 Å². The van der Waals surface area contributed by atoms with Gasteiger partial charge in [-0.2, -0.15) is 0 Å². The number of benzene rings is 2. The molecule has 0 aromatic heterocycles. The van der Waals surface area contributed by atoms with Crippen LogP contribution in [-0.2, 0) is 16.0 Å².